The summed E-state index contributed by atoms with van der Waals surface area (Å²) in [6.07, 6.45) is 2.13. The zero-order valence-corrected chi connectivity index (χ0v) is 10.2. The molecule has 5 nitrogen and oxygen atoms in total. The number of carbonyl (C=O) groups excluding carboxylic acids is 1. The van der Waals surface area contributed by atoms with Gasteiger partial charge in [-0.1, -0.05) is 35.4 Å². The van der Waals surface area contributed by atoms with E-state index in [1.54, 1.807) is 13.0 Å². The van der Waals surface area contributed by atoms with Crippen molar-refractivity contribution in [1.29, 1.82) is 0 Å². The monoisotopic (exact) mass is 245 g/mol. The summed E-state index contributed by atoms with van der Waals surface area (Å²) in [5, 5.41) is 3.43. The Morgan fingerprint density at radius 3 is 2.78 bits per heavy atom. The maximum atomic E-state index is 11.7. The largest absolute Gasteiger partial charge is 0.463 e. The van der Waals surface area contributed by atoms with Gasteiger partial charge in [-0.2, -0.15) is 0 Å². The number of carbonyl (C=O) groups is 1. The first-order valence-corrected chi connectivity index (χ1v) is 5.71. The van der Waals surface area contributed by atoms with Gasteiger partial charge in [-0.05, 0) is 30.5 Å². The number of nitrogens with zero attached hydrogens (tertiary/aromatic N) is 3. The molecule has 0 fully saturated rings. The number of ether oxygens (including phenoxy) is 1. The molecule has 5 heteroatoms. The predicted molar refractivity (Wildman–Crippen MR) is 69.7 cm³/mol. The summed E-state index contributed by atoms with van der Waals surface area (Å²) in [7, 11) is 0. The average molecular weight is 245 g/mol. The Bertz CT molecular complexity index is 462. The zero-order valence-electron chi connectivity index (χ0n) is 10.2. The number of hydrogen-bond acceptors (Lipinski definition) is 3. The fourth-order valence-corrected chi connectivity index (χ4v) is 1.42. The summed E-state index contributed by atoms with van der Waals surface area (Å²) in [5.41, 5.74) is 9.66. The Morgan fingerprint density at radius 1 is 1.44 bits per heavy atom. The molecule has 0 saturated heterocycles. The molecule has 0 bridgehead atoms. The number of azide groups is 1. The minimum Gasteiger partial charge on any atom is -0.463 e. The smallest absolute Gasteiger partial charge is 0.334 e. The van der Waals surface area contributed by atoms with Crippen molar-refractivity contribution in [1.82, 2.24) is 0 Å². The molecule has 1 aromatic rings. The third-order valence-electron chi connectivity index (χ3n) is 2.22. The Labute approximate surface area is 106 Å². The van der Waals surface area contributed by atoms with E-state index in [-0.39, 0.29) is 12.5 Å². The van der Waals surface area contributed by atoms with Gasteiger partial charge >= 0.3 is 5.97 Å². The second-order valence-electron chi connectivity index (χ2n) is 3.51. The van der Waals surface area contributed by atoms with E-state index in [1.807, 2.05) is 30.3 Å². The molecule has 0 heterocycles. The highest BCUT2D eigenvalue weighted by molar-refractivity contribution is 5.93. The van der Waals surface area contributed by atoms with Gasteiger partial charge in [-0.3, -0.25) is 0 Å². The maximum Gasteiger partial charge on any atom is 0.334 e. The van der Waals surface area contributed by atoms with Gasteiger partial charge in [0, 0.05) is 17.0 Å². The van der Waals surface area contributed by atoms with Crippen LogP contribution in [0.4, 0.5) is 0 Å². The summed E-state index contributed by atoms with van der Waals surface area (Å²) in [5.74, 6) is -0.366. The van der Waals surface area contributed by atoms with Gasteiger partial charge in [0.15, 0.2) is 0 Å². The normalized spacial score (nSPS) is 10.6. The molecule has 0 aromatic heterocycles. The Morgan fingerprint density at radius 2 is 2.17 bits per heavy atom. The van der Waals surface area contributed by atoms with E-state index in [9.17, 15) is 4.79 Å². The molecule has 0 radical (unpaired) electrons. The van der Waals surface area contributed by atoms with Gasteiger partial charge in [-0.15, -0.1) is 0 Å². The molecule has 94 valence electrons. The van der Waals surface area contributed by atoms with Crippen LogP contribution in [0.15, 0.2) is 41.0 Å². The number of benzene rings is 1. The van der Waals surface area contributed by atoms with E-state index < -0.39 is 0 Å². The minimum absolute atomic E-state index is 0.244. The number of hydrogen-bond donors (Lipinski definition) is 0. The first kappa shape index (κ1) is 13.8. The lowest BCUT2D eigenvalue weighted by atomic mass is 10.1. The predicted octanol–water partition coefficient (Wildman–Crippen LogP) is 3.33. The van der Waals surface area contributed by atoms with Crippen LogP contribution in [0.2, 0.25) is 0 Å². The number of rotatable bonds is 6. The van der Waals surface area contributed by atoms with Crippen LogP contribution >= 0.6 is 0 Å². The molecule has 1 rings (SSSR count). The summed E-state index contributed by atoms with van der Waals surface area (Å²) < 4.78 is 4.96. The topological polar surface area (TPSA) is 75.1 Å². The van der Waals surface area contributed by atoms with Crippen LogP contribution in [0.5, 0.6) is 0 Å². The maximum absolute atomic E-state index is 11.7. The van der Waals surface area contributed by atoms with E-state index in [2.05, 4.69) is 10.0 Å². The van der Waals surface area contributed by atoms with E-state index in [1.165, 1.54) is 0 Å². The zero-order chi connectivity index (χ0) is 13.2. The SMILES string of the molecule is CCOC(=O)/C(=C/c1ccccc1)CCN=[N+]=[N-]. The van der Waals surface area contributed by atoms with Crippen molar-refractivity contribution < 1.29 is 9.53 Å². The molecule has 1 aromatic carbocycles. The standard InChI is InChI=1S/C13H15N3O2/c1-2-18-13(17)12(8-9-15-16-14)10-11-6-4-3-5-7-11/h3-7,10H,2,8-9H2,1H3/b12-10+. The third-order valence-corrected chi connectivity index (χ3v) is 2.22. The molecular formula is C13H15N3O2. The Kier molecular flexibility index (Phi) is 6.08. The van der Waals surface area contributed by atoms with Crippen molar-refractivity contribution in [2.24, 2.45) is 5.11 Å². The fourth-order valence-electron chi connectivity index (χ4n) is 1.42. The van der Waals surface area contributed by atoms with E-state index in [0.29, 0.717) is 18.6 Å². The van der Waals surface area contributed by atoms with Crippen molar-refractivity contribution in [3.8, 4) is 0 Å². The lowest BCUT2D eigenvalue weighted by molar-refractivity contribution is -0.138. The molecule has 0 spiro atoms. The molecule has 0 unspecified atom stereocenters. The van der Waals surface area contributed by atoms with Crippen LogP contribution in [-0.2, 0) is 9.53 Å². The van der Waals surface area contributed by atoms with E-state index in [4.69, 9.17) is 10.3 Å². The molecule has 0 amide bonds. The highest BCUT2D eigenvalue weighted by Gasteiger charge is 2.09. The van der Waals surface area contributed by atoms with Crippen LogP contribution in [0, 0.1) is 0 Å². The first-order valence-electron chi connectivity index (χ1n) is 5.71. The van der Waals surface area contributed by atoms with Crippen LogP contribution in [-0.4, -0.2) is 19.1 Å². The van der Waals surface area contributed by atoms with Gasteiger partial charge in [0.25, 0.3) is 0 Å². The summed E-state index contributed by atoms with van der Waals surface area (Å²) in [6.45, 7) is 2.33. The van der Waals surface area contributed by atoms with Crippen molar-refractivity contribution >= 4 is 12.0 Å². The van der Waals surface area contributed by atoms with Crippen LogP contribution < -0.4 is 0 Å². The van der Waals surface area contributed by atoms with Crippen LogP contribution in [0.25, 0.3) is 16.5 Å². The lowest BCUT2D eigenvalue weighted by Gasteiger charge is -2.05. The number of esters is 1. The van der Waals surface area contributed by atoms with Gasteiger partial charge in [-0.25, -0.2) is 4.79 Å². The van der Waals surface area contributed by atoms with Gasteiger partial charge in [0.1, 0.15) is 0 Å². The average Bonchev–Trinajstić information content (AvgIpc) is 2.39. The molecule has 18 heavy (non-hydrogen) atoms. The minimum atomic E-state index is -0.366. The van der Waals surface area contributed by atoms with Gasteiger partial charge < -0.3 is 4.74 Å². The first-order chi connectivity index (χ1) is 8.77. The van der Waals surface area contributed by atoms with Crippen LogP contribution in [0.1, 0.15) is 18.9 Å². The van der Waals surface area contributed by atoms with Crippen molar-refractivity contribution in [3.63, 3.8) is 0 Å². The van der Waals surface area contributed by atoms with Crippen molar-refractivity contribution in [3.05, 3.63) is 51.9 Å². The van der Waals surface area contributed by atoms with Gasteiger partial charge in [0.2, 0.25) is 0 Å². The highest BCUT2D eigenvalue weighted by atomic mass is 16.5. The lowest BCUT2D eigenvalue weighted by Crippen LogP contribution is -2.08. The third kappa shape index (κ3) is 4.72. The van der Waals surface area contributed by atoms with Crippen molar-refractivity contribution in [2.75, 3.05) is 13.2 Å². The van der Waals surface area contributed by atoms with Gasteiger partial charge in [0.05, 0.1) is 6.61 Å². The fraction of sp³-hybridized carbons (Fsp3) is 0.308. The second kappa shape index (κ2) is 7.92. The van der Waals surface area contributed by atoms with Crippen LogP contribution in [0.3, 0.4) is 0 Å². The summed E-state index contributed by atoms with van der Waals surface area (Å²) in [6, 6.07) is 9.48. The summed E-state index contributed by atoms with van der Waals surface area (Å²) >= 11 is 0. The summed E-state index contributed by atoms with van der Waals surface area (Å²) in [4.78, 5) is 14.4. The second-order valence-corrected chi connectivity index (χ2v) is 3.51. The quantitative estimate of drug-likeness (QED) is 0.253. The molecule has 0 aliphatic rings. The van der Waals surface area contributed by atoms with E-state index >= 15 is 0 Å². The molecular weight excluding hydrogens is 230 g/mol. The molecule has 0 aliphatic heterocycles. The Hall–Kier alpha value is -2.26. The Balaban J connectivity index is 2.85. The molecule has 0 aliphatic carbocycles. The molecule has 0 atom stereocenters. The van der Waals surface area contributed by atoms with E-state index in [0.717, 1.165) is 5.56 Å². The molecule has 0 N–H and O–H groups in total. The van der Waals surface area contributed by atoms with Crippen molar-refractivity contribution in [2.45, 2.75) is 13.3 Å². The highest BCUT2D eigenvalue weighted by Crippen LogP contribution is 2.12. The molecule has 0 saturated carbocycles.